The fraction of sp³-hybridized carbons (Fsp3) is 0.667. The SMILES string of the molecule is CCNC(=O)CC1CCc2sc3ncnc(O[C@H]4CC[C@H](N(C)C)CC4)c3c21. The number of fused-ring (bicyclic) bond motifs is 3. The summed E-state index contributed by atoms with van der Waals surface area (Å²) in [6.07, 6.45) is 8.85. The summed E-state index contributed by atoms with van der Waals surface area (Å²) in [5.74, 6) is 1.09. The van der Waals surface area contributed by atoms with Gasteiger partial charge in [-0.3, -0.25) is 4.79 Å². The van der Waals surface area contributed by atoms with Crippen molar-refractivity contribution in [1.82, 2.24) is 20.2 Å². The number of ether oxygens (including phenoxy) is 1. The van der Waals surface area contributed by atoms with Gasteiger partial charge in [-0.25, -0.2) is 9.97 Å². The highest BCUT2D eigenvalue weighted by Gasteiger charge is 2.32. The first kappa shape index (κ1) is 19.6. The molecule has 2 aliphatic rings. The molecule has 2 aliphatic carbocycles. The van der Waals surface area contributed by atoms with Crippen molar-refractivity contribution in [2.75, 3.05) is 20.6 Å². The predicted molar refractivity (Wildman–Crippen MR) is 112 cm³/mol. The zero-order chi connectivity index (χ0) is 19.7. The Kier molecular flexibility index (Phi) is 5.83. The van der Waals surface area contributed by atoms with E-state index >= 15 is 0 Å². The van der Waals surface area contributed by atoms with Crippen LogP contribution >= 0.6 is 11.3 Å². The lowest BCUT2D eigenvalue weighted by atomic mass is 9.92. The Morgan fingerprint density at radius 3 is 2.75 bits per heavy atom. The standard InChI is InChI=1S/C21H30N4O2S/c1-4-22-17(26)11-13-5-10-16-18(13)19-20(23-12-24-21(19)28-16)27-15-8-6-14(7-9-15)25(2)3/h12-15H,4-11H2,1-3H3,(H,22,26)/t13?,14-,15-. The molecule has 0 aliphatic heterocycles. The highest BCUT2D eigenvalue weighted by atomic mass is 32.1. The van der Waals surface area contributed by atoms with Crippen LogP contribution in [0.3, 0.4) is 0 Å². The molecule has 0 bridgehead atoms. The molecule has 2 aromatic rings. The number of thiophene rings is 1. The minimum Gasteiger partial charge on any atom is -0.474 e. The number of amides is 1. The van der Waals surface area contributed by atoms with Gasteiger partial charge in [0.25, 0.3) is 0 Å². The topological polar surface area (TPSA) is 67.3 Å². The summed E-state index contributed by atoms with van der Waals surface area (Å²) < 4.78 is 6.42. The number of carbonyl (C=O) groups excluding carboxylic acids is 1. The second kappa shape index (κ2) is 8.33. The van der Waals surface area contributed by atoms with Gasteiger partial charge < -0.3 is 15.0 Å². The molecule has 152 valence electrons. The van der Waals surface area contributed by atoms with Gasteiger partial charge in [-0.05, 0) is 71.0 Å². The van der Waals surface area contributed by atoms with Crippen molar-refractivity contribution in [3.8, 4) is 5.88 Å². The summed E-state index contributed by atoms with van der Waals surface area (Å²) in [5, 5.41) is 3.99. The summed E-state index contributed by atoms with van der Waals surface area (Å²) in [4.78, 5) is 25.9. The highest BCUT2D eigenvalue weighted by Crippen LogP contribution is 2.47. The van der Waals surface area contributed by atoms with Crippen LogP contribution in [0.5, 0.6) is 5.88 Å². The van der Waals surface area contributed by atoms with Crippen molar-refractivity contribution in [3.05, 3.63) is 16.8 Å². The quantitative estimate of drug-likeness (QED) is 0.801. The molecule has 1 fully saturated rings. The molecule has 1 atom stereocenters. The number of aromatic nitrogens is 2. The summed E-state index contributed by atoms with van der Waals surface area (Å²) >= 11 is 1.74. The Morgan fingerprint density at radius 2 is 2.04 bits per heavy atom. The van der Waals surface area contributed by atoms with Gasteiger partial charge in [-0.15, -0.1) is 11.3 Å². The first-order valence-corrected chi connectivity index (χ1v) is 11.2. The van der Waals surface area contributed by atoms with Gasteiger partial charge in [0.1, 0.15) is 17.3 Å². The van der Waals surface area contributed by atoms with Crippen LogP contribution in [0.15, 0.2) is 6.33 Å². The van der Waals surface area contributed by atoms with Crippen molar-refractivity contribution in [2.45, 2.75) is 69.9 Å². The maximum Gasteiger partial charge on any atom is 0.225 e. The molecule has 0 aromatic carbocycles. The van der Waals surface area contributed by atoms with Gasteiger partial charge in [0.2, 0.25) is 11.8 Å². The average molecular weight is 403 g/mol. The van der Waals surface area contributed by atoms with Crippen molar-refractivity contribution >= 4 is 27.5 Å². The summed E-state index contributed by atoms with van der Waals surface area (Å²) in [6.45, 7) is 2.64. The lowest BCUT2D eigenvalue weighted by Crippen LogP contribution is -2.35. The van der Waals surface area contributed by atoms with Gasteiger partial charge in [-0.2, -0.15) is 0 Å². The van der Waals surface area contributed by atoms with Crippen molar-refractivity contribution in [3.63, 3.8) is 0 Å². The first-order chi connectivity index (χ1) is 13.6. The second-order valence-electron chi connectivity index (χ2n) is 8.20. The Labute approximate surface area is 170 Å². The zero-order valence-corrected chi connectivity index (χ0v) is 17.8. The number of nitrogens with one attached hydrogen (secondary N) is 1. The molecule has 0 spiro atoms. The molecule has 2 heterocycles. The largest absolute Gasteiger partial charge is 0.474 e. The molecule has 1 N–H and O–H groups in total. The Bertz CT molecular complexity index is 842. The molecule has 1 saturated carbocycles. The van der Waals surface area contributed by atoms with Crippen LogP contribution in [0.25, 0.3) is 10.2 Å². The second-order valence-corrected chi connectivity index (χ2v) is 9.29. The van der Waals surface area contributed by atoms with Gasteiger partial charge >= 0.3 is 0 Å². The molecule has 1 amide bonds. The maximum atomic E-state index is 12.2. The average Bonchev–Trinajstić information content (AvgIpc) is 3.22. The van der Waals surface area contributed by atoms with E-state index in [0.717, 1.165) is 54.6 Å². The smallest absolute Gasteiger partial charge is 0.225 e. The fourth-order valence-corrected chi connectivity index (χ4v) is 5.90. The fourth-order valence-electron chi connectivity index (χ4n) is 4.66. The molecule has 2 aromatic heterocycles. The zero-order valence-electron chi connectivity index (χ0n) is 17.0. The van der Waals surface area contributed by atoms with Crippen LogP contribution in [-0.2, 0) is 11.2 Å². The van der Waals surface area contributed by atoms with Crippen LogP contribution in [0.4, 0.5) is 0 Å². The van der Waals surface area contributed by atoms with Crippen molar-refractivity contribution in [2.24, 2.45) is 0 Å². The molecule has 1 unspecified atom stereocenters. The number of nitrogens with zero attached hydrogens (tertiary/aromatic N) is 3. The third-order valence-corrected chi connectivity index (χ3v) is 7.33. The molecule has 28 heavy (non-hydrogen) atoms. The van der Waals surface area contributed by atoms with E-state index in [2.05, 4.69) is 34.3 Å². The van der Waals surface area contributed by atoms with Crippen LogP contribution in [0.1, 0.15) is 61.8 Å². The Morgan fingerprint density at radius 1 is 1.25 bits per heavy atom. The molecule has 7 heteroatoms. The monoisotopic (exact) mass is 402 g/mol. The van der Waals surface area contributed by atoms with E-state index in [1.165, 1.54) is 10.4 Å². The highest BCUT2D eigenvalue weighted by molar-refractivity contribution is 7.19. The Hall–Kier alpha value is -1.73. The van der Waals surface area contributed by atoms with E-state index in [9.17, 15) is 4.79 Å². The first-order valence-electron chi connectivity index (χ1n) is 10.4. The van der Waals surface area contributed by atoms with Crippen molar-refractivity contribution < 1.29 is 9.53 Å². The predicted octanol–water partition coefficient (Wildman–Crippen LogP) is 3.50. The van der Waals surface area contributed by atoms with Gasteiger partial charge in [0, 0.05) is 23.9 Å². The summed E-state index contributed by atoms with van der Waals surface area (Å²) in [7, 11) is 4.31. The van der Waals surface area contributed by atoms with Gasteiger partial charge in [-0.1, -0.05) is 0 Å². The third-order valence-electron chi connectivity index (χ3n) is 6.15. The van der Waals surface area contributed by atoms with E-state index in [1.54, 1.807) is 17.7 Å². The van der Waals surface area contributed by atoms with Crippen LogP contribution in [0, 0.1) is 0 Å². The third kappa shape index (κ3) is 3.87. The normalized spacial score (nSPS) is 24.5. The number of hydrogen-bond donors (Lipinski definition) is 1. The minimum absolute atomic E-state index is 0.126. The number of carbonyl (C=O) groups is 1. The number of aryl methyl sites for hydroxylation is 1. The number of hydrogen-bond acceptors (Lipinski definition) is 6. The molecular weight excluding hydrogens is 372 g/mol. The molecule has 6 nitrogen and oxygen atoms in total. The van der Waals surface area contributed by atoms with Gasteiger partial charge in [0.15, 0.2) is 0 Å². The molecule has 0 saturated heterocycles. The minimum atomic E-state index is 0.126. The number of rotatable bonds is 6. The van der Waals surface area contributed by atoms with E-state index in [4.69, 9.17) is 4.74 Å². The van der Waals surface area contributed by atoms with E-state index < -0.39 is 0 Å². The lowest BCUT2D eigenvalue weighted by Gasteiger charge is -2.32. The Balaban J connectivity index is 1.56. The molecule has 4 rings (SSSR count). The maximum absolute atomic E-state index is 12.2. The summed E-state index contributed by atoms with van der Waals surface area (Å²) in [5.41, 5.74) is 1.27. The molecular formula is C21H30N4O2S. The lowest BCUT2D eigenvalue weighted by molar-refractivity contribution is -0.121. The van der Waals surface area contributed by atoms with E-state index in [1.807, 2.05) is 6.92 Å². The van der Waals surface area contributed by atoms with Crippen LogP contribution in [-0.4, -0.2) is 53.6 Å². The van der Waals surface area contributed by atoms with Gasteiger partial charge in [0.05, 0.1) is 5.39 Å². The van der Waals surface area contributed by atoms with Crippen LogP contribution < -0.4 is 10.1 Å². The van der Waals surface area contributed by atoms with Crippen LogP contribution in [0.2, 0.25) is 0 Å². The van der Waals surface area contributed by atoms with E-state index in [0.29, 0.717) is 19.0 Å². The van der Waals surface area contributed by atoms with Crippen molar-refractivity contribution in [1.29, 1.82) is 0 Å². The summed E-state index contributed by atoms with van der Waals surface area (Å²) in [6, 6.07) is 0.650. The van der Waals surface area contributed by atoms with E-state index in [-0.39, 0.29) is 17.9 Å². The molecule has 0 radical (unpaired) electrons.